The molecule has 0 spiro atoms. The van der Waals surface area contributed by atoms with Gasteiger partial charge in [0.05, 0.1) is 25.3 Å². The molecule has 0 atom stereocenters. The van der Waals surface area contributed by atoms with E-state index in [0.717, 1.165) is 36.2 Å². The van der Waals surface area contributed by atoms with E-state index in [1.165, 1.54) is 12.8 Å². The Balaban J connectivity index is 1.80. The minimum atomic E-state index is -0.101. The van der Waals surface area contributed by atoms with Crippen LogP contribution < -0.4 is 20.1 Å². The van der Waals surface area contributed by atoms with Crippen molar-refractivity contribution < 1.29 is 14.3 Å². The molecule has 2 aromatic carbocycles. The van der Waals surface area contributed by atoms with Crippen molar-refractivity contribution in [2.45, 2.75) is 26.7 Å². The number of hydrogen-bond donors (Lipinski definition) is 2. The monoisotopic (exact) mass is 450 g/mol. The van der Waals surface area contributed by atoms with Gasteiger partial charge in [-0.1, -0.05) is 38.5 Å². The van der Waals surface area contributed by atoms with Gasteiger partial charge in [0.2, 0.25) is 0 Å². The van der Waals surface area contributed by atoms with Crippen molar-refractivity contribution in [2.75, 3.05) is 45.7 Å². The SMILES string of the molecule is CCCCN(CC)CCNC(=O)c1cc(Nc2ccc(OC)c(OC)c2)nc2ccccc12. The molecule has 2 N–H and O–H groups in total. The van der Waals surface area contributed by atoms with Crippen molar-refractivity contribution in [3.05, 3.63) is 54.1 Å². The fraction of sp³-hybridized carbons (Fsp3) is 0.385. The molecule has 0 aliphatic heterocycles. The average molecular weight is 451 g/mol. The van der Waals surface area contributed by atoms with Crippen molar-refractivity contribution in [2.24, 2.45) is 0 Å². The smallest absolute Gasteiger partial charge is 0.252 e. The first-order valence-electron chi connectivity index (χ1n) is 11.5. The lowest BCUT2D eigenvalue weighted by Gasteiger charge is -2.20. The highest BCUT2D eigenvalue weighted by Gasteiger charge is 2.14. The predicted octanol–water partition coefficient (Wildman–Crippen LogP) is 4.85. The molecule has 7 nitrogen and oxygen atoms in total. The Kier molecular flexibility index (Phi) is 8.89. The Bertz CT molecular complexity index is 1070. The van der Waals surface area contributed by atoms with Crippen molar-refractivity contribution in [3.63, 3.8) is 0 Å². The number of nitrogens with one attached hydrogen (secondary N) is 2. The van der Waals surface area contributed by atoms with Gasteiger partial charge in [-0.25, -0.2) is 4.98 Å². The molecule has 0 saturated heterocycles. The average Bonchev–Trinajstić information content (AvgIpc) is 2.85. The lowest BCUT2D eigenvalue weighted by Crippen LogP contribution is -2.35. The topological polar surface area (TPSA) is 75.7 Å². The molecule has 1 aromatic heterocycles. The highest BCUT2D eigenvalue weighted by Crippen LogP contribution is 2.31. The number of para-hydroxylation sites is 1. The minimum Gasteiger partial charge on any atom is -0.493 e. The van der Waals surface area contributed by atoms with E-state index in [4.69, 9.17) is 14.5 Å². The van der Waals surface area contributed by atoms with Crippen LogP contribution in [0.15, 0.2) is 48.5 Å². The molecule has 3 aromatic rings. The number of fused-ring (bicyclic) bond motifs is 1. The summed E-state index contributed by atoms with van der Waals surface area (Å²) < 4.78 is 10.7. The van der Waals surface area contributed by atoms with Crippen LogP contribution in [0.3, 0.4) is 0 Å². The number of unbranched alkanes of at least 4 members (excludes halogenated alkanes) is 1. The van der Waals surface area contributed by atoms with Crippen molar-refractivity contribution in [3.8, 4) is 11.5 Å². The Hall–Kier alpha value is -3.32. The summed E-state index contributed by atoms with van der Waals surface area (Å²) in [5.41, 5.74) is 2.14. The van der Waals surface area contributed by atoms with E-state index in [0.29, 0.717) is 29.4 Å². The summed E-state index contributed by atoms with van der Waals surface area (Å²) in [5.74, 6) is 1.75. The standard InChI is InChI=1S/C26H34N4O3/c1-5-7-15-30(6-2)16-14-27-26(31)21-18-25(29-22-11-9-8-10-20(21)22)28-19-12-13-23(32-3)24(17-19)33-4/h8-13,17-18H,5-7,14-16H2,1-4H3,(H,27,31)(H,28,29). The molecule has 0 bridgehead atoms. The maximum atomic E-state index is 13.1. The van der Waals surface area contributed by atoms with Gasteiger partial charge in [0, 0.05) is 30.2 Å². The summed E-state index contributed by atoms with van der Waals surface area (Å²) in [4.78, 5) is 20.2. The molecule has 0 fully saturated rings. The van der Waals surface area contributed by atoms with E-state index in [1.807, 2.05) is 42.5 Å². The number of pyridine rings is 1. The Morgan fingerprint density at radius 1 is 1.00 bits per heavy atom. The highest BCUT2D eigenvalue weighted by molar-refractivity contribution is 6.07. The molecule has 3 rings (SSSR count). The minimum absolute atomic E-state index is 0.101. The second-order valence-corrected chi connectivity index (χ2v) is 7.81. The Labute approximate surface area is 196 Å². The van der Waals surface area contributed by atoms with Crippen molar-refractivity contribution in [1.82, 2.24) is 15.2 Å². The first-order valence-corrected chi connectivity index (χ1v) is 11.5. The molecule has 176 valence electrons. The van der Waals surface area contributed by atoms with Crippen LogP contribution in [-0.2, 0) is 0 Å². The fourth-order valence-electron chi connectivity index (χ4n) is 3.72. The van der Waals surface area contributed by atoms with Crippen molar-refractivity contribution >= 4 is 28.3 Å². The van der Waals surface area contributed by atoms with Crippen LogP contribution in [0.1, 0.15) is 37.0 Å². The number of carbonyl (C=O) groups is 1. The number of ether oxygens (including phenoxy) is 2. The van der Waals surface area contributed by atoms with Crippen LogP contribution in [0.25, 0.3) is 10.9 Å². The molecule has 0 unspecified atom stereocenters. The quantitative estimate of drug-likeness (QED) is 0.411. The number of methoxy groups -OCH3 is 2. The van der Waals surface area contributed by atoms with Crippen LogP contribution in [0.2, 0.25) is 0 Å². The van der Waals surface area contributed by atoms with Gasteiger partial charge in [-0.3, -0.25) is 4.79 Å². The molecule has 0 aliphatic carbocycles. The number of benzene rings is 2. The zero-order valence-corrected chi connectivity index (χ0v) is 20.0. The molecule has 0 radical (unpaired) electrons. The van der Waals surface area contributed by atoms with Gasteiger partial charge in [0.25, 0.3) is 5.91 Å². The second kappa shape index (κ2) is 12.1. The van der Waals surface area contributed by atoms with Crippen LogP contribution in [0.4, 0.5) is 11.5 Å². The Morgan fingerprint density at radius 2 is 1.79 bits per heavy atom. The third kappa shape index (κ3) is 6.35. The molecule has 7 heteroatoms. The normalized spacial score (nSPS) is 10.9. The van der Waals surface area contributed by atoms with E-state index in [-0.39, 0.29) is 5.91 Å². The lowest BCUT2D eigenvalue weighted by atomic mass is 10.1. The summed E-state index contributed by atoms with van der Waals surface area (Å²) in [6, 6.07) is 15.0. The van der Waals surface area contributed by atoms with Crippen LogP contribution >= 0.6 is 0 Å². The van der Waals surface area contributed by atoms with Crippen LogP contribution in [0, 0.1) is 0 Å². The summed E-state index contributed by atoms with van der Waals surface area (Å²) in [5, 5.41) is 7.20. The third-order valence-corrected chi connectivity index (χ3v) is 5.61. The second-order valence-electron chi connectivity index (χ2n) is 7.81. The molecular weight excluding hydrogens is 416 g/mol. The molecular formula is C26H34N4O3. The largest absolute Gasteiger partial charge is 0.493 e. The van der Waals surface area contributed by atoms with E-state index in [1.54, 1.807) is 20.3 Å². The van der Waals surface area contributed by atoms with Gasteiger partial charge in [0.1, 0.15) is 5.82 Å². The first kappa shape index (κ1) is 24.3. The lowest BCUT2D eigenvalue weighted by molar-refractivity contribution is 0.0950. The van der Waals surface area contributed by atoms with Gasteiger partial charge in [-0.2, -0.15) is 0 Å². The number of anilines is 2. The maximum Gasteiger partial charge on any atom is 0.252 e. The maximum absolute atomic E-state index is 13.1. The predicted molar refractivity (Wildman–Crippen MR) is 134 cm³/mol. The summed E-state index contributed by atoms with van der Waals surface area (Å²) in [6.07, 6.45) is 2.34. The summed E-state index contributed by atoms with van der Waals surface area (Å²) >= 11 is 0. The van der Waals surface area contributed by atoms with Gasteiger partial charge in [-0.15, -0.1) is 0 Å². The molecule has 33 heavy (non-hydrogen) atoms. The zero-order chi connectivity index (χ0) is 23.6. The number of carbonyl (C=O) groups excluding carboxylic acids is 1. The number of aromatic nitrogens is 1. The number of rotatable bonds is 12. The number of amides is 1. The van der Waals surface area contributed by atoms with Gasteiger partial charge < -0.3 is 25.0 Å². The van der Waals surface area contributed by atoms with Crippen LogP contribution in [0.5, 0.6) is 11.5 Å². The van der Waals surface area contributed by atoms with E-state index < -0.39 is 0 Å². The molecule has 0 aliphatic rings. The highest BCUT2D eigenvalue weighted by atomic mass is 16.5. The van der Waals surface area contributed by atoms with Crippen molar-refractivity contribution in [1.29, 1.82) is 0 Å². The summed E-state index contributed by atoms with van der Waals surface area (Å²) in [6.45, 7) is 7.82. The first-order chi connectivity index (χ1) is 16.1. The fourth-order valence-corrected chi connectivity index (χ4v) is 3.72. The number of nitrogens with zero attached hydrogens (tertiary/aromatic N) is 2. The van der Waals surface area contributed by atoms with E-state index in [2.05, 4.69) is 29.4 Å². The Morgan fingerprint density at radius 3 is 2.52 bits per heavy atom. The summed E-state index contributed by atoms with van der Waals surface area (Å²) in [7, 11) is 3.20. The van der Waals surface area contributed by atoms with Crippen LogP contribution in [-0.4, -0.2) is 56.2 Å². The third-order valence-electron chi connectivity index (χ3n) is 5.61. The van der Waals surface area contributed by atoms with Gasteiger partial charge in [0.15, 0.2) is 11.5 Å². The number of likely N-dealkylation sites (N-methyl/N-ethyl adjacent to an activating group) is 1. The van der Waals surface area contributed by atoms with E-state index in [9.17, 15) is 4.79 Å². The molecule has 0 saturated carbocycles. The molecule has 1 amide bonds. The number of hydrogen-bond acceptors (Lipinski definition) is 6. The van der Waals surface area contributed by atoms with Gasteiger partial charge >= 0.3 is 0 Å². The van der Waals surface area contributed by atoms with Gasteiger partial charge in [-0.05, 0) is 43.8 Å². The molecule has 1 heterocycles. The van der Waals surface area contributed by atoms with E-state index >= 15 is 0 Å². The zero-order valence-electron chi connectivity index (χ0n) is 20.0.